The number of halogens is 4. The van der Waals surface area contributed by atoms with Crippen LogP contribution in [0.1, 0.15) is 29.5 Å². The Morgan fingerprint density at radius 3 is 2.63 bits per heavy atom. The van der Waals surface area contributed by atoms with E-state index in [0.717, 1.165) is 25.7 Å². The number of carbonyl (C=O) groups excluding carboxylic acids is 1. The second-order valence-electron chi connectivity index (χ2n) is 6.70. The third-order valence-electron chi connectivity index (χ3n) is 4.78. The summed E-state index contributed by atoms with van der Waals surface area (Å²) >= 11 is 7.34. The number of carbonyl (C=O) groups is 1. The zero-order valence-corrected chi connectivity index (χ0v) is 16.1. The van der Waals surface area contributed by atoms with E-state index >= 15 is 0 Å². The molecule has 0 bridgehead atoms. The summed E-state index contributed by atoms with van der Waals surface area (Å²) in [4.78, 5) is 14.7. The predicted molar refractivity (Wildman–Crippen MR) is 101 cm³/mol. The molecule has 2 heterocycles. The highest BCUT2D eigenvalue weighted by atomic mass is 35.5. The third-order valence-corrected chi connectivity index (χ3v) is 5.74. The number of hydrogen-bond acceptors (Lipinski definition) is 3. The number of rotatable bonds is 5. The molecule has 0 unspecified atom stereocenters. The molecule has 1 N–H and O–H groups in total. The maximum atomic E-state index is 13.1. The van der Waals surface area contributed by atoms with Gasteiger partial charge >= 0.3 is 6.18 Å². The van der Waals surface area contributed by atoms with Crippen LogP contribution in [0, 0.1) is 5.92 Å². The van der Waals surface area contributed by atoms with Crippen molar-refractivity contribution in [3.8, 4) is 0 Å². The third kappa shape index (κ3) is 5.46. The lowest BCUT2D eigenvalue weighted by Crippen LogP contribution is -2.40. The number of thiophene rings is 1. The molecular weight excluding hydrogens is 397 g/mol. The van der Waals surface area contributed by atoms with Gasteiger partial charge in [0.1, 0.15) is 0 Å². The second kappa shape index (κ2) is 8.63. The monoisotopic (exact) mass is 416 g/mol. The highest BCUT2D eigenvalue weighted by Crippen LogP contribution is 2.33. The molecule has 0 saturated carbocycles. The van der Waals surface area contributed by atoms with Gasteiger partial charge in [-0.15, -0.1) is 0 Å². The van der Waals surface area contributed by atoms with E-state index in [-0.39, 0.29) is 29.0 Å². The van der Waals surface area contributed by atoms with Crippen molar-refractivity contribution in [2.75, 3.05) is 13.1 Å². The molecule has 8 heteroatoms. The number of nitrogens with one attached hydrogen (secondary N) is 1. The summed E-state index contributed by atoms with van der Waals surface area (Å²) in [5.74, 6) is -0.349. The van der Waals surface area contributed by atoms with Crippen LogP contribution in [0.25, 0.3) is 0 Å². The van der Waals surface area contributed by atoms with Crippen LogP contribution in [0.4, 0.5) is 13.2 Å². The van der Waals surface area contributed by atoms with E-state index in [9.17, 15) is 18.0 Å². The van der Waals surface area contributed by atoms with Gasteiger partial charge in [-0.25, -0.2) is 0 Å². The van der Waals surface area contributed by atoms with Crippen molar-refractivity contribution >= 4 is 28.8 Å². The summed E-state index contributed by atoms with van der Waals surface area (Å²) in [7, 11) is 0. The number of alkyl halides is 3. The van der Waals surface area contributed by atoms with Crippen LogP contribution in [-0.2, 0) is 24.1 Å². The minimum Gasteiger partial charge on any atom is -0.352 e. The average molecular weight is 417 g/mol. The topological polar surface area (TPSA) is 32.3 Å². The fourth-order valence-electron chi connectivity index (χ4n) is 3.29. The summed E-state index contributed by atoms with van der Waals surface area (Å²) in [6, 6.07) is 5.70. The minimum atomic E-state index is -4.50. The van der Waals surface area contributed by atoms with E-state index in [4.69, 9.17) is 11.6 Å². The Hall–Kier alpha value is -1.57. The SMILES string of the molecule is O=C(NCc1ccc(Cl)cc1C(F)(F)F)C1CCN(Cc2ccsc2)CC1. The van der Waals surface area contributed by atoms with E-state index in [2.05, 4.69) is 21.7 Å². The minimum absolute atomic E-state index is 0.0233. The van der Waals surface area contributed by atoms with Crippen LogP contribution in [0.3, 0.4) is 0 Å². The number of amides is 1. The van der Waals surface area contributed by atoms with Gasteiger partial charge in [0.15, 0.2) is 0 Å². The standard InChI is InChI=1S/C19H20ClF3N2OS/c20-16-2-1-15(17(9-16)19(21,22)23)10-24-18(26)14-3-6-25(7-4-14)11-13-5-8-27-12-13/h1-2,5,8-9,12,14H,3-4,6-7,10-11H2,(H,24,26). The first-order chi connectivity index (χ1) is 12.8. The van der Waals surface area contributed by atoms with Crippen molar-refractivity contribution in [3.63, 3.8) is 0 Å². The molecule has 1 aromatic heterocycles. The molecule has 0 radical (unpaired) electrons. The van der Waals surface area contributed by atoms with Crippen LogP contribution in [0.5, 0.6) is 0 Å². The highest BCUT2D eigenvalue weighted by Gasteiger charge is 2.34. The fourth-order valence-corrected chi connectivity index (χ4v) is 4.12. The Kier molecular flexibility index (Phi) is 6.44. The van der Waals surface area contributed by atoms with Gasteiger partial charge < -0.3 is 5.32 Å². The number of piperidine rings is 1. The lowest BCUT2D eigenvalue weighted by molar-refractivity contribution is -0.138. The second-order valence-corrected chi connectivity index (χ2v) is 7.92. The van der Waals surface area contributed by atoms with Crippen molar-refractivity contribution in [2.45, 2.75) is 32.1 Å². The maximum Gasteiger partial charge on any atom is 0.416 e. The molecule has 27 heavy (non-hydrogen) atoms. The molecule has 1 saturated heterocycles. The van der Waals surface area contributed by atoms with Gasteiger partial charge in [0.25, 0.3) is 0 Å². The summed E-state index contributed by atoms with van der Waals surface area (Å²) in [6.45, 7) is 2.34. The Balaban J connectivity index is 1.52. The summed E-state index contributed by atoms with van der Waals surface area (Å²) in [6.07, 6.45) is -3.08. The quantitative estimate of drug-likeness (QED) is 0.748. The van der Waals surface area contributed by atoms with Crippen molar-refractivity contribution in [1.82, 2.24) is 10.2 Å². The molecule has 1 amide bonds. The molecule has 3 nitrogen and oxygen atoms in total. The molecule has 0 spiro atoms. The molecule has 1 aromatic carbocycles. The smallest absolute Gasteiger partial charge is 0.352 e. The number of benzene rings is 1. The van der Waals surface area contributed by atoms with Crippen molar-refractivity contribution in [2.24, 2.45) is 5.92 Å². The van der Waals surface area contributed by atoms with E-state index in [1.165, 1.54) is 17.7 Å². The zero-order chi connectivity index (χ0) is 19.4. The maximum absolute atomic E-state index is 13.1. The van der Waals surface area contributed by atoms with Crippen LogP contribution in [0.2, 0.25) is 5.02 Å². The van der Waals surface area contributed by atoms with E-state index in [0.29, 0.717) is 12.8 Å². The Bertz CT molecular complexity index is 772. The van der Waals surface area contributed by atoms with Crippen molar-refractivity contribution in [3.05, 3.63) is 56.7 Å². The Morgan fingerprint density at radius 2 is 2.00 bits per heavy atom. The number of nitrogens with zero attached hydrogens (tertiary/aromatic N) is 1. The summed E-state index contributed by atoms with van der Waals surface area (Å²) < 4.78 is 39.4. The lowest BCUT2D eigenvalue weighted by Gasteiger charge is -2.31. The Labute approximate surface area is 165 Å². The summed E-state index contributed by atoms with van der Waals surface area (Å²) in [5.41, 5.74) is 0.487. The molecule has 146 valence electrons. The van der Waals surface area contributed by atoms with E-state index < -0.39 is 11.7 Å². The van der Waals surface area contributed by atoms with Crippen LogP contribution in [0.15, 0.2) is 35.0 Å². The molecule has 0 atom stereocenters. The van der Waals surface area contributed by atoms with Gasteiger partial charge in [-0.05, 0) is 66.0 Å². The highest BCUT2D eigenvalue weighted by molar-refractivity contribution is 7.07. The molecule has 1 aliphatic heterocycles. The normalized spacial score (nSPS) is 16.4. The van der Waals surface area contributed by atoms with Crippen LogP contribution in [-0.4, -0.2) is 23.9 Å². The van der Waals surface area contributed by atoms with Crippen molar-refractivity contribution < 1.29 is 18.0 Å². The van der Waals surface area contributed by atoms with Gasteiger partial charge in [0, 0.05) is 24.0 Å². The molecule has 2 aromatic rings. The van der Waals surface area contributed by atoms with E-state index in [1.54, 1.807) is 11.3 Å². The van der Waals surface area contributed by atoms with Gasteiger partial charge in [0.05, 0.1) is 5.56 Å². The largest absolute Gasteiger partial charge is 0.416 e. The lowest BCUT2D eigenvalue weighted by atomic mass is 9.95. The molecular formula is C19H20ClF3N2OS. The molecule has 3 rings (SSSR count). The van der Waals surface area contributed by atoms with Crippen LogP contribution < -0.4 is 5.32 Å². The fraction of sp³-hybridized carbons (Fsp3) is 0.421. The predicted octanol–water partition coefficient (Wildman–Crippen LogP) is 4.95. The first-order valence-electron chi connectivity index (χ1n) is 8.69. The van der Waals surface area contributed by atoms with Gasteiger partial charge in [0.2, 0.25) is 5.91 Å². The average Bonchev–Trinajstić information content (AvgIpc) is 3.13. The first-order valence-corrected chi connectivity index (χ1v) is 10.0. The first kappa shape index (κ1) is 20.2. The molecule has 1 fully saturated rings. The summed E-state index contributed by atoms with van der Waals surface area (Å²) in [5, 5.41) is 6.84. The molecule has 1 aliphatic rings. The number of likely N-dealkylation sites (tertiary alicyclic amines) is 1. The van der Waals surface area contributed by atoms with Gasteiger partial charge in [-0.3, -0.25) is 9.69 Å². The zero-order valence-electron chi connectivity index (χ0n) is 14.6. The van der Waals surface area contributed by atoms with Gasteiger partial charge in [-0.1, -0.05) is 17.7 Å². The van der Waals surface area contributed by atoms with Crippen LogP contribution >= 0.6 is 22.9 Å². The number of hydrogen-bond donors (Lipinski definition) is 1. The van der Waals surface area contributed by atoms with Crippen molar-refractivity contribution in [1.29, 1.82) is 0 Å². The van der Waals surface area contributed by atoms with Gasteiger partial charge in [-0.2, -0.15) is 24.5 Å². The molecule has 0 aliphatic carbocycles. The van der Waals surface area contributed by atoms with E-state index in [1.807, 2.05) is 5.38 Å². The Morgan fingerprint density at radius 1 is 1.26 bits per heavy atom.